The first-order valence-electron chi connectivity index (χ1n) is 5.96. The maximum atomic E-state index is 11.7. The van der Waals surface area contributed by atoms with Gasteiger partial charge in [0.2, 0.25) is 0 Å². The van der Waals surface area contributed by atoms with Crippen LogP contribution < -0.4 is 16.2 Å². The molecule has 5 nitrogen and oxygen atoms in total. The summed E-state index contributed by atoms with van der Waals surface area (Å²) in [6.45, 7) is 3.96. The molecular weight excluding hydrogens is 216 g/mol. The van der Waals surface area contributed by atoms with E-state index in [0.717, 1.165) is 37.3 Å². The lowest BCUT2D eigenvalue weighted by Crippen LogP contribution is -2.55. The van der Waals surface area contributed by atoms with Gasteiger partial charge < -0.3 is 5.32 Å². The van der Waals surface area contributed by atoms with Crippen LogP contribution in [0.3, 0.4) is 0 Å². The Kier molecular flexibility index (Phi) is 2.80. The Bertz CT molecular complexity index is 428. The molecule has 1 amide bonds. The molecule has 1 fully saturated rings. The van der Waals surface area contributed by atoms with Crippen LogP contribution in [-0.4, -0.2) is 37.0 Å². The molecule has 0 saturated carbocycles. The second-order valence-electron chi connectivity index (χ2n) is 4.37. The summed E-state index contributed by atoms with van der Waals surface area (Å²) in [6.07, 6.45) is 0.0889. The van der Waals surface area contributed by atoms with Crippen LogP contribution in [0.1, 0.15) is 22.1 Å². The number of piperazine rings is 1. The number of benzene rings is 1. The fraction of sp³-hybridized carbons (Fsp3) is 0.417. The van der Waals surface area contributed by atoms with Gasteiger partial charge in [0.05, 0.1) is 0 Å². The van der Waals surface area contributed by atoms with E-state index in [1.807, 2.05) is 24.3 Å². The number of fused-ring (bicyclic) bond motifs is 1. The predicted octanol–water partition coefficient (Wildman–Crippen LogP) is -0.162. The van der Waals surface area contributed by atoms with E-state index in [0.29, 0.717) is 0 Å². The average molecular weight is 232 g/mol. The summed E-state index contributed by atoms with van der Waals surface area (Å²) in [7, 11) is 0. The Morgan fingerprint density at radius 2 is 1.94 bits per heavy atom. The molecule has 1 unspecified atom stereocenters. The predicted molar refractivity (Wildman–Crippen MR) is 64.2 cm³/mol. The lowest BCUT2D eigenvalue weighted by Gasteiger charge is -2.38. The quantitative estimate of drug-likeness (QED) is 0.630. The van der Waals surface area contributed by atoms with Crippen molar-refractivity contribution in [3.63, 3.8) is 0 Å². The smallest absolute Gasteiger partial charge is 0.265 e. The first-order chi connectivity index (χ1) is 8.36. The average Bonchev–Trinajstić information content (AvgIpc) is 2.41. The third-order valence-corrected chi connectivity index (χ3v) is 3.34. The number of amides is 1. The van der Waals surface area contributed by atoms with Crippen LogP contribution in [0.4, 0.5) is 0 Å². The van der Waals surface area contributed by atoms with Gasteiger partial charge >= 0.3 is 0 Å². The first-order valence-corrected chi connectivity index (χ1v) is 5.96. The number of hydrogen-bond acceptors (Lipinski definition) is 4. The molecule has 5 heteroatoms. The molecule has 3 N–H and O–H groups in total. The number of nitrogens with one attached hydrogen (secondary N) is 3. The van der Waals surface area contributed by atoms with Crippen LogP contribution >= 0.6 is 0 Å². The molecule has 3 rings (SSSR count). The Hall–Kier alpha value is -1.43. The lowest BCUT2D eigenvalue weighted by atomic mass is 10.0. The van der Waals surface area contributed by atoms with E-state index in [-0.39, 0.29) is 12.1 Å². The Morgan fingerprint density at radius 1 is 1.18 bits per heavy atom. The number of hydrogen-bond donors (Lipinski definition) is 3. The van der Waals surface area contributed by atoms with Crippen LogP contribution in [0, 0.1) is 0 Å². The number of carbonyl (C=O) groups is 1. The highest BCUT2D eigenvalue weighted by Crippen LogP contribution is 2.24. The Labute approximate surface area is 100 Å². The highest BCUT2D eigenvalue weighted by atomic mass is 16.2. The maximum absolute atomic E-state index is 11.7. The number of rotatable bonds is 1. The molecule has 90 valence electrons. The van der Waals surface area contributed by atoms with E-state index >= 15 is 0 Å². The number of carbonyl (C=O) groups excluding carboxylic acids is 1. The number of hydrazine groups is 1. The van der Waals surface area contributed by atoms with Gasteiger partial charge in [0.15, 0.2) is 0 Å². The van der Waals surface area contributed by atoms with Crippen molar-refractivity contribution in [2.24, 2.45) is 0 Å². The van der Waals surface area contributed by atoms with Crippen molar-refractivity contribution in [3.8, 4) is 0 Å². The molecule has 0 aromatic heterocycles. The van der Waals surface area contributed by atoms with Gasteiger partial charge in [-0.05, 0) is 11.6 Å². The summed E-state index contributed by atoms with van der Waals surface area (Å²) in [4.78, 5) is 14.1. The van der Waals surface area contributed by atoms with Crippen molar-refractivity contribution in [2.75, 3.05) is 26.2 Å². The molecule has 0 radical (unpaired) electrons. The van der Waals surface area contributed by atoms with E-state index in [1.165, 1.54) is 0 Å². The molecule has 1 aromatic carbocycles. The summed E-state index contributed by atoms with van der Waals surface area (Å²) in [6, 6.07) is 7.78. The van der Waals surface area contributed by atoms with Crippen LogP contribution in [0.5, 0.6) is 0 Å². The summed E-state index contributed by atoms with van der Waals surface area (Å²) < 4.78 is 0. The SMILES string of the molecule is O=C1NNC(N2CCNCC2)c2ccccc21. The van der Waals surface area contributed by atoms with Gasteiger partial charge in [-0.25, -0.2) is 5.43 Å². The highest BCUT2D eigenvalue weighted by molar-refractivity contribution is 5.96. The van der Waals surface area contributed by atoms with E-state index in [2.05, 4.69) is 21.1 Å². The lowest BCUT2D eigenvalue weighted by molar-refractivity contribution is 0.0794. The molecule has 2 aliphatic heterocycles. The van der Waals surface area contributed by atoms with Crippen molar-refractivity contribution in [2.45, 2.75) is 6.17 Å². The Balaban J connectivity index is 1.91. The highest BCUT2D eigenvalue weighted by Gasteiger charge is 2.29. The summed E-state index contributed by atoms with van der Waals surface area (Å²) in [5, 5.41) is 3.33. The maximum Gasteiger partial charge on any atom is 0.265 e. The molecule has 1 aromatic rings. The monoisotopic (exact) mass is 232 g/mol. The second-order valence-corrected chi connectivity index (χ2v) is 4.37. The molecule has 2 heterocycles. The van der Waals surface area contributed by atoms with Crippen molar-refractivity contribution < 1.29 is 4.79 Å². The molecule has 2 aliphatic rings. The fourth-order valence-corrected chi connectivity index (χ4v) is 2.45. The zero-order chi connectivity index (χ0) is 11.7. The van der Waals surface area contributed by atoms with Gasteiger partial charge in [0.1, 0.15) is 6.17 Å². The minimum absolute atomic E-state index is 0.0491. The van der Waals surface area contributed by atoms with Gasteiger partial charge in [0.25, 0.3) is 5.91 Å². The second kappa shape index (κ2) is 4.44. The summed E-state index contributed by atoms with van der Waals surface area (Å²) >= 11 is 0. The topological polar surface area (TPSA) is 56.4 Å². The standard InChI is InChI=1S/C12H16N4O/c17-12-10-4-2-1-3-9(10)11(14-15-12)16-7-5-13-6-8-16/h1-4,11,13-14H,5-8H2,(H,15,17). The van der Waals surface area contributed by atoms with Crippen molar-refractivity contribution >= 4 is 5.91 Å². The molecule has 1 saturated heterocycles. The minimum atomic E-state index is -0.0491. The first kappa shape index (κ1) is 10.7. The molecular formula is C12H16N4O. The minimum Gasteiger partial charge on any atom is -0.314 e. The molecule has 0 spiro atoms. The van der Waals surface area contributed by atoms with E-state index < -0.39 is 0 Å². The van der Waals surface area contributed by atoms with Crippen LogP contribution in [0.2, 0.25) is 0 Å². The van der Waals surface area contributed by atoms with Crippen molar-refractivity contribution in [1.29, 1.82) is 0 Å². The van der Waals surface area contributed by atoms with Gasteiger partial charge in [-0.3, -0.25) is 15.1 Å². The number of nitrogens with zero attached hydrogens (tertiary/aromatic N) is 1. The van der Waals surface area contributed by atoms with Crippen LogP contribution in [0.15, 0.2) is 24.3 Å². The van der Waals surface area contributed by atoms with Crippen molar-refractivity contribution in [1.82, 2.24) is 21.1 Å². The van der Waals surface area contributed by atoms with Crippen LogP contribution in [0.25, 0.3) is 0 Å². The molecule has 1 atom stereocenters. The van der Waals surface area contributed by atoms with Gasteiger partial charge in [-0.15, -0.1) is 0 Å². The van der Waals surface area contributed by atoms with E-state index in [9.17, 15) is 4.79 Å². The zero-order valence-electron chi connectivity index (χ0n) is 9.57. The van der Waals surface area contributed by atoms with E-state index in [1.54, 1.807) is 0 Å². The van der Waals surface area contributed by atoms with Crippen LogP contribution in [-0.2, 0) is 0 Å². The Morgan fingerprint density at radius 3 is 2.76 bits per heavy atom. The zero-order valence-corrected chi connectivity index (χ0v) is 9.57. The van der Waals surface area contributed by atoms with Gasteiger partial charge in [-0.1, -0.05) is 18.2 Å². The summed E-state index contributed by atoms with van der Waals surface area (Å²) in [5.41, 5.74) is 7.67. The third kappa shape index (κ3) is 1.93. The molecule has 0 aliphatic carbocycles. The van der Waals surface area contributed by atoms with Gasteiger partial charge in [0, 0.05) is 31.7 Å². The molecule has 0 bridgehead atoms. The van der Waals surface area contributed by atoms with E-state index in [4.69, 9.17) is 0 Å². The summed E-state index contributed by atoms with van der Waals surface area (Å²) in [5.74, 6) is -0.0491. The molecule has 17 heavy (non-hydrogen) atoms. The normalized spacial score (nSPS) is 25.2. The third-order valence-electron chi connectivity index (χ3n) is 3.34. The van der Waals surface area contributed by atoms with Crippen molar-refractivity contribution in [3.05, 3.63) is 35.4 Å². The van der Waals surface area contributed by atoms with Gasteiger partial charge in [-0.2, -0.15) is 0 Å². The fourth-order valence-electron chi connectivity index (χ4n) is 2.45. The largest absolute Gasteiger partial charge is 0.314 e.